The third-order valence-corrected chi connectivity index (χ3v) is 2.72. The molecule has 5 nitrogen and oxygen atoms in total. The number of benzene rings is 1. The number of carboxylic acid groups (broad SMARTS) is 1. The molecule has 0 bridgehead atoms. The summed E-state index contributed by atoms with van der Waals surface area (Å²) in [7, 11) is 0. The largest absolute Gasteiger partial charge is 0.479 e. The average Bonchev–Trinajstić information content (AvgIpc) is 2.81. The summed E-state index contributed by atoms with van der Waals surface area (Å²) in [6.45, 7) is 0. The molecule has 1 aromatic rings. The summed E-state index contributed by atoms with van der Waals surface area (Å²) in [5, 5.41) is 11.1. The van der Waals surface area contributed by atoms with Gasteiger partial charge in [0.05, 0.1) is 5.69 Å². The summed E-state index contributed by atoms with van der Waals surface area (Å²) in [6.07, 6.45) is -1.20. The van der Waals surface area contributed by atoms with Gasteiger partial charge in [-0.2, -0.15) is 0 Å². The van der Waals surface area contributed by atoms with Gasteiger partial charge in [-0.25, -0.2) is 9.18 Å². The van der Waals surface area contributed by atoms with Crippen molar-refractivity contribution in [2.24, 2.45) is 0 Å². The highest BCUT2D eigenvalue weighted by Gasteiger charge is 2.34. The van der Waals surface area contributed by atoms with Crippen LogP contribution < -0.4 is 5.32 Å². The van der Waals surface area contributed by atoms with Gasteiger partial charge >= 0.3 is 5.97 Å². The number of hydrogen-bond donors (Lipinski definition) is 2. The first kappa shape index (κ1) is 12.5. The van der Waals surface area contributed by atoms with Crippen LogP contribution in [0.5, 0.6) is 0 Å². The van der Waals surface area contributed by atoms with E-state index in [0.717, 1.165) is 0 Å². The Labute approximate surface area is 103 Å². The lowest BCUT2D eigenvalue weighted by atomic mass is 10.2. The predicted molar refractivity (Wildman–Crippen MR) is 60.6 cm³/mol. The number of halogens is 1. The van der Waals surface area contributed by atoms with Crippen molar-refractivity contribution in [2.45, 2.75) is 25.0 Å². The highest BCUT2D eigenvalue weighted by molar-refractivity contribution is 5.94. The van der Waals surface area contributed by atoms with Crippen molar-refractivity contribution in [1.82, 2.24) is 0 Å². The van der Waals surface area contributed by atoms with E-state index in [1.807, 2.05) is 0 Å². The number of rotatable bonds is 3. The molecule has 0 saturated carbocycles. The molecule has 96 valence electrons. The third-order valence-electron chi connectivity index (χ3n) is 2.72. The Hall–Kier alpha value is -1.95. The molecule has 1 aliphatic heterocycles. The Morgan fingerprint density at radius 2 is 1.94 bits per heavy atom. The van der Waals surface area contributed by atoms with Crippen LogP contribution in [-0.4, -0.2) is 29.2 Å². The van der Waals surface area contributed by atoms with Crippen LogP contribution >= 0.6 is 0 Å². The van der Waals surface area contributed by atoms with E-state index in [2.05, 4.69) is 5.32 Å². The number of carbonyl (C=O) groups is 2. The number of hydrogen-bond acceptors (Lipinski definition) is 3. The second-order valence-corrected chi connectivity index (χ2v) is 4.00. The summed E-state index contributed by atoms with van der Waals surface area (Å²) in [5.41, 5.74) is 0.0601. The van der Waals surface area contributed by atoms with Crippen LogP contribution in [0, 0.1) is 5.82 Å². The first-order valence-corrected chi connectivity index (χ1v) is 5.51. The quantitative estimate of drug-likeness (QED) is 0.853. The minimum absolute atomic E-state index is 0.0601. The molecule has 0 radical (unpaired) electrons. The van der Waals surface area contributed by atoms with Gasteiger partial charge in [-0.05, 0) is 25.0 Å². The molecule has 1 amide bonds. The molecule has 1 saturated heterocycles. The Balaban J connectivity index is 1.98. The molecule has 2 atom stereocenters. The molecule has 1 aliphatic rings. The molecule has 2 unspecified atom stereocenters. The summed E-state index contributed by atoms with van der Waals surface area (Å²) in [4.78, 5) is 22.4. The van der Waals surface area contributed by atoms with Crippen molar-refractivity contribution in [1.29, 1.82) is 0 Å². The number of amides is 1. The maximum atomic E-state index is 13.3. The lowest BCUT2D eigenvalue weighted by Gasteiger charge is -2.12. The molecule has 1 aromatic carbocycles. The number of nitrogens with one attached hydrogen (secondary N) is 1. The lowest BCUT2D eigenvalue weighted by molar-refractivity contribution is -0.150. The highest BCUT2D eigenvalue weighted by atomic mass is 19.1. The second-order valence-electron chi connectivity index (χ2n) is 4.00. The molecule has 0 spiro atoms. The van der Waals surface area contributed by atoms with E-state index < -0.39 is 29.9 Å². The Morgan fingerprint density at radius 3 is 2.56 bits per heavy atom. The van der Waals surface area contributed by atoms with Crippen LogP contribution in [0.3, 0.4) is 0 Å². The zero-order valence-electron chi connectivity index (χ0n) is 9.43. The van der Waals surface area contributed by atoms with Gasteiger partial charge in [0.2, 0.25) is 0 Å². The molecule has 1 fully saturated rings. The van der Waals surface area contributed by atoms with Crippen molar-refractivity contribution in [3.8, 4) is 0 Å². The number of anilines is 1. The molecule has 0 aromatic heterocycles. The van der Waals surface area contributed by atoms with E-state index in [9.17, 15) is 14.0 Å². The Kier molecular flexibility index (Phi) is 3.57. The van der Waals surface area contributed by atoms with E-state index in [1.54, 1.807) is 6.07 Å². The summed E-state index contributed by atoms with van der Waals surface area (Å²) >= 11 is 0. The second kappa shape index (κ2) is 5.14. The minimum Gasteiger partial charge on any atom is -0.479 e. The van der Waals surface area contributed by atoms with Crippen molar-refractivity contribution >= 4 is 17.6 Å². The van der Waals surface area contributed by atoms with E-state index in [1.165, 1.54) is 18.2 Å². The maximum Gasteiger partial charge on any atom is 0.332 e. The molecular weight excluding hydrogens is 241 g/mol. The zero-order valence-corrected chi connectivity index (χ0v) is 9.43. The van der Waals surface area contributed by atoms with Crippen molar-refractivity contribution in [2.75, 3.05) is 5.32 Å². The Bertz CT molecular complexity index is 477. The van der Waals surface area contributed by atoms with Crippen LogP contribution in [-0.2, 0) is 14.3 Å². The molecule has 2 N–H and O–H groups in total. The normalized spacial score (nSPS) is 22.7. The van der Waals surface area contributed by atoms with Gasteiger partial charge in [0, 0.05) is 0 Å². The highest BCUT2D eigenvalue weighted by Crippen LogP contribution is 2.22. The molecule has 18 heavy (non-hydrogen) atoms. The topological polar surface area (TPSA) is 75.6 Å². The maximum absolute atomic E-state index is 13.3. The first-order valence-electron chi connectivity index (χ1n) is 5.51. The number of carbonyl (C=O) groups excluding carboxylic acids is 1. The fourth-order valence-electron chi connectivity index (χ4n) is 1.79. The number of aliphatic carboxylic acids is 1. The smallest absolute Gasteiger partial charge is 0.332 e. The summed E-state index contributed by atoms with van der Waals surface area (Å²) in [5.74, 6) is -2.15. The van der Waals surface area contributed by atoms with Crippen LogP contribution in [0.25, 0.3) is 0 Å². The van der Waals surface area contributed by atoms with Gasteiger partial charge in [0.15, 0.2) is 6.10 Å². The standard InChI is InChI=1S/C12H12FNO4/c13-7-3-1-2-4-8(7)14-11(15)9-5-6-10(18-9)12(16)17/h1-4,9-10H,5-6H2,(H,14,15)(H,16,17). The molecule has 0 aliphatic carbocycles. The van der Waals surface area contributed by atoms with Crippen LogP contribution in [0.4, 0.5) is 10.1 Å². The number of ether oxygens (including phenoxy) is 1. The van der Waals surface area contributed by atoms with Gasteiger partial charge < -0.3 is 15.2 Å². The van der Waals surface area contributed by atoms with Crippen molar-refractivity contribution in [3.63, 3.8) is 0 Å². The van der Waals surface area contributed by atoms with E-state index in [4.69, 9.17) is 9.84 Å². The van der Waals surface area contributed by atoms with E-state index in [-0.39, 0.29) is 12.1 Å². The SMILES string of the molecule is O=C(O)C1CCC(C(=O)Nc2ccccc2F)O1. The fraction of sp³-hybridized carbons (Fsp3) is 0.333. The summed E-state index contributed by atoms with van der Waals surface area (Å²) < 4.78 is 18.4. The Morgan fingerprint density at radius 1 is 1.28 bits per heavy atom. The molecular formula is C12H12FNO4. The molecule has 2 rings (SSSR count). The van der Waals surface area contributed by atoms with Gasteiger partial charge in [-0.3, -0.25) is 4.79 Å². The minimum atomic E-state index is -1.09. The van der Waals surface area contributed by atoms with Gasteiger partial charge in [0.25, 0.3) is 5.91 Å². The van der Waals surface area contributed by atoms with Crippen molar-refractivity contribution < 1.29 is 23.8 Å². The monoisotopic (exact) mass is 253 g/mol. The lowest BCUT2D eigenvalue weighted by Crippen LogP contribution is -2.30. The van der Waals surface area contributed by atoms with Gasteiger partial charge in [-0.1, -0.05) is 12.1 Å². The molecule has 1 heterocycles. The fourth-order valence-corrected chi connectivity index (χ4v) is 1.79. The van der Waals surface area contributed by atoms with Crippen molar-refractivity contribution in [3.05, 3.63) is 30.1 Å². The van der Waals surface area contributed by atoms with E-state index in [0.29, 0.717) is 6.42 Å². The van der Waals surface area contributed by atoms with E-state index >= 15 is 0 Å². The number of para-hydroxylation sites is 1. The van der Waals surface area contributed by atoms with Crippen LogP contribution in [0.15, 0.2) is 24.3 Å². The zero-order chi connectivity index (χ0) is 13.1. The predicted octanol–water partition coefficient (Wildman–Crippen LogP) is 1.40. The first-order chi connectivity index (χ1) is 8.58. The molecule has 6 heteroatoms. The van der Waals surface area contributed by atoms with Crippen LogP contribution in [0.2, 0.25) is 0 Å². The third kappa shape index (κ3) is 2.65. The average molecular weight is 253 g/mol. The van der Waals surface area contributed by atoms with Gasteiger partial charge in [-0.15, -0.1) is 0 Å². The van der Waals surface area contributed by atoms with Gasteiger partial charge in [0.1, 0.15) is 11.9 Å². The number of carboxylic acids is 1. The van der Waals surface area contributed by atoms with Crippen LogP contribution in [0.1, 0.15) is 12.8 Å². The summed E-state index contributed by atoms with van der Waals surface area (Å²) in [6, 6.07) is 5.76.